The van der Waals surface area contributed by atoms with E-state index in [-0.39, 0.29) is 11.8 Å². The number of benzene rings is 3. The molecule has 1 aliphatic heterocycles. The number of para-hydroxylation sites is 1. The molecule has 5 heteroatoms. The molecule has 0 unspecified atom stereocenters. The number of amides is 2. The zero-order valence-corrected chi connectivity index (χ0v) is 18.1. The van der Waals surface area contributed by atoms with Gasteiger partial charge in [-0.2, -0.15) is 0 Å². The van der Waals surface area contributed by atoms with Crippen LogP contribution in [0.1, 0.15) is 52.0 Å². The number of rotatable bonds is 6. The Balaban J connectivity index is 1.45. The van der Waals surface area contributed by atoms with Gasteiger partial charge in [-0.15, -0.1) is 0 Å². The fourth-order valence-electron chi connectivity index (χ4n) is 3.89. The fraction of sp³-hybridized carbons (Fsp3) is 0.259. The van der Waals surface area contributed by atoms with Gasteiger partial charge in [0, 0.05) is 18.7 Å². The van der Waals surface area contributed by atoms with Crippen LogP contribution in [0.3, 0.4) is 0 Å². The maximum Gasteiger partial charge on any atom is 0.255 e. The molecule has 3 aromatic rings. The van der Waals surface area contributed by atoms with Crippen molar-refractivity contribution in [2.75, 3.05) is 18.4 Å². The molecule has 1 N–H and O–H groups in total. The minimum Gasteiger partial charge on any atom is -0.489 e. The number of carbonyl (C=O) groups excluding carboxylic acids is 2. The van der Waals surface area contributed by atoms with E-state index in [1.807, 2.05) is 53.4 Å². The number of anilines is 1. The number of nitrogens with one attached hydrogen (secondary N) is 1. The highest BCUT2D eigenvalue weighted by atomic mass is 16.5. The second-order valence-electron chi connectivity index (χ2n) is 8.01. The third kappa shape index (κ3) is 5.55. The van der Waals surface area contributed by atoms with Crippen LogP contribution in [0.4, 0.5) is 5.69 Å². The minimum absolute atomic E-state index is 0.0252. The van der Waals surface area contributed by atoms with Crippen LogP contribution in [0.2, 0.25) is 0 Å². The van der Waals surface area contributed by atoms with Gasteiger partial charge in [-0.25, -0.2) is 0 Å². The van der Waals surface area contributed by atoms with Crippen LogP contribution < -0.4 is 10.1 Å². The Morgan fingerprint density at radius 3 is 2.31 bits per heavy atom. The fourth-order valence-corrected chi connectivity index (χ4v) is 3.89. The summed E-state index contributed by atoms with van der Waals surface area (Å²) in [5, 5.41) is 2.92. The SMILES string of the molecule is O=C(Nc1ccccc1C(=O)N1CCCCCC1)c1cccc(OCc2ccccc2)c1. The lowest BCUT2D eigenvalue weighted by molar-refractivity contribution is 0.0762. The number of carbonyl (C=O) groups is 2. The van der Waals surface area contributed by atoms with Crippen LogP contribution in [-0.4, -0.2) is 29.8 Å². The van der Waals surface area contributed by atoms with E-state index in [9.17, 15) is 9.59 Å². The molecule has 3 aromatic carbocycles. The molecule has 1 aliphatic rings. The molecule has 5 nitrogen and oxygen atoms in total. The predicted molar refractivity (Wildman–Crippen MR) is 126 cm³/mol. The predicted octanol–water partition coefficient (Wildman–Crippen LogP) is 5.53. The van der Waals surface area contributed by atoms with Gasteiger partial charge in [-0.3, -0.25) is 9.59 Å². The largest absolute Gasteiger partial charge is 0.489 e. The van der Waals surface area contributed by atoms with E-state index in [1.54, 1.807) is 30.3 Å². The molecule has 1 fully saturated rings. The molecule has 0 saturated carbocycles. The Labute approximate surface area is 189 Å². The zero-order valence-electron chi connectivity index (χ0n) is 18.1. The van der Waals surface area contributed by atoms with E-state index in [0.717, 1.165) is 44.3 Å². The molecular formula is C27H28N2O3. The third-order valence-corrected chi connectivity index (χ3v) is 5.64. The molecule has 1 heterocycles. The van der Waals surface area contributed by atoms with E-state index in [0.29, 0.717) is 29.2 Å². The van der Waals surface area contributed by atoms with Crippen molar-refractivity contribution in [2.24, 2.45) is 0 Å². The summed E-state index contributed by atoms with van der Waals surface area (Å²) in [4.78, 5) is 28.0. The Kier molecular flexibility index (Phi) is 7.18. The summed E-state index contributed by atoms with van der Waals surface area (Å²) in [6.45, 7) is 1.96. The molecule has 32 heavy (non-hydrogen) atoms. The lowest BCUT2D eigenvalue weighted by atomic mass is 10.1. The second-order valence-corrected chi connectivity index (χ2v) is 8.01. The lowest BCUT2D eigenvalue weighted by Gasteiger charge is -2.22. The second kappa shape index (κ2) is 10.6. The molecule has 0 radical (unpaired) electrons. The van der Waals surface area contributed by atoms with E-state index >= 15 is 0 Å². The third-order valence-electron chi connectivity index (χ3n) is 5.64. The molecule has 4 rings (SSSR count). The van der Waals surface area contributed by atoms with E-state index < -0.39 is 0 Å². The Morgan fingerprint density at radius 1 is 0.812 bits per heavy atom. The smallest absolute Gasteiger partial charge is 0.255 e. The average molecular weight is 429 g/mol. The van der Waals surface area contributed by atoms with Gasteiger partial charge in [-0.05, 0) is 48.7 Å². The van der Waals surface area contributed by atoms with Crippen molar-refractivity contribution in [3.63, 3.8) is 0 Å². The highest BCUT2D eigenvalue weighted by molar-refractivity contribution is 6.09. The number of hydrogen-bond donors (Lipinski definition) is 1. The van der Waals surface area contributed by atoms with Gasteiger partial charge in [0.15, 0.2) is 0 Å². The molecule has 0 aliphatic carbocycles. The van der Waals surface area contributed by atoms with Crippen molar-refractivity contribution in [1.29, 1.82) is 0 Å². The van der Waals surface area contributed by atoms with Crippen molar-refractivity contribution in [3.05, 3.63) is 95.6 Å². The number of hydrogen-bond acceptors (Lipinski definition) is 3. The first-order chi connectivity index (χ1) is 15.7. The van der Waals surface area contributed by atoms with Gasteiger partial charge in [0.2, 0.25) is 0 Å². The molecule has 0 bridgehead atoms. The molecule has 164 valence electrons. The molecule has 0 atom stereocenters. The van der Waals surface area contributed by atoms with Gasteiger partial charge >= 0.3 is 0 Å². The first kappa shape index (κ1) is 21.6. The minimum atomic E-state index is -0.272. The van der Waals surface area contributed by atoms with Gasteiger partial charge in [0.05, 0.1) is 11.3 Å². The van der Waals surface area contributed by atoms with Gasteiger partial charge in [-0.1, -0.05) is 61.4 Å². The quantitative estimate of drug-likeness (QED) is 0.561. The topological polar surface area (TPSA) is 58.6 Å². The molecule has 2 amide bonds. The summed E-state index contributed by atoms with van der Waals surface area (Å²) in [5.41, 5.74) is 2.59. The highest BCUT2D eigenvalue weighted by Crippen LogP contribution is 2.22. The van der Waals surface area contributed by atoms with Crippen molar-refractivity contribution in [3.8, 4) is 5.75 Å². The van der Waals surface area contributed by atoms with E-state index in [4.69, 9.17) is 4.74 Å². The summed E-state index contributed by atoms with van der Waals surface area (Å²) < 4.78 is 5.85. The monoisotopic (exact) mass is 428 g/mol. The maximum atomic E-state index is 13.1. The van der Waals surface area contributed by atoms with Crippen molar-refractivity contribution >= 4 is 17.5 Å². The summed E-state index contributed by atoms with van der Waals surface area (Å²) in [7, 11) is 0. The first-order valence-corrected chi connectivity index (χ1v) is 11.2. The molecule has 1 saturated heterocycles. The molecule has 0 spiro atoms. The van der Waals surface area contributed by atoms with Crippen LogP contribution in [0, 0.1) is 0 Å². The van der Waals surface area contributed by atoms with Crippen LogP contribution in [0.25, 0.3) is 0 Å². The van der Waals surface area contributed by atoms with Crippen LogP contribution in [0.15, 0.2) is 78.9 Å². The van der Waals surface area contributed by atoms with Crippen molar-refractivity contribution in [1.82, 2.24) is 4.90 Å². The van der Waals surface area contributed by atoms with Gasteiger partial charge in [0.1, 0.15) is 12.4 Å². The Hall–Kier alpha value is -3.60. The summed E-state index contributed by atoms with van der Waals surface area (Å²) in [6, 6.07) is 24.2. The van der Waals surface area contributed by atoms with Gasteiger partial charge in [0.25, 0.3) is 11.8 Å². The molecule has 0 aromatic heterocycles. The summed E-state index contributed by atoms with van der Waals surface area (Å²) in [5.74, 6) is 0.324. The van der Waals surface area contributed by atoms with Crippen molar-refractivity contribution in [2.45, 2.75) is 32.3 Å². The first-order valence-electron chi connectivity index (χ1n) is 11.2. The normalized spacial score (nSPS) is 13.8. The number of nitrogens with zero attached hydrogens (tertiary/aromatic N) is 1. The Morgan fingerprint density at radius 2 is 1.53 bits per heavy atom. The average Bonchev–Trinajstić information content (AvgIpc) is 3.13. The van der Waals surface area contributed by atoms with E-state index in [2.05, 4.69) is 5.32 Å². The standard InChI is InChI=1S/C27H28N2O3/c30-26(22-13-10-14-23(19-22)32-20-21-11-4-3-5-12-21)28-25-16-7-6-15-24(25)27(31)29-17-8-1-2-9-18-29/h3-7,10-16,19H,1-2,8-9,17-18,20H2,(H,28,30). The van der Waals surface area contributed by atoms with Gasteiger partial charge < -0.3 is 15.0 Å². The maximum absolute atomic E-state index is 13.1. The highest BCUT2D eigenvalue weighted by Gasteiger charge is 2.21. The van der Waals surface area contributed by atoms with Crippen LogP contribution >= 0.6 is 0 Å². The zero-order chi connectivity index (χ0) is 22.2. The summed E-state index contributed by atoms with van der Waals surface area (Å²) >= 11 is 0. The van der Waals surface area contributed by atoms with Crippen LogP contribution in [0.5, 0.6) is 5.75 Å². The lowest BCUT2D eigenvalue weighted by Crippen LogP contribution is -2.32. The van der Waals surface area contributed by atoms with Crippen LogP contribution in [-0.2, 0) is 6.61 Å². The van der Waals surface area contributed by atoms with E-state index in [1.165, 1.54) is 0 Å². The number of ether oxygens (including phenoxy) is 1. The number of likely N-dealkylation sites (tertiary alicyclic amines) is 1. The summed E-state index contributed by atoms with van der Waals surface area (Å²) in [6.07, 6.45) is 4.36. The Bertz CT molecular complexity index is 1060. The molecular weight excluding hydrogens is 400 g/mol. The van der Waals surface area contributed by atoms with Crippen molar-refractivity contribution < 1.29 is 14.3 Å².